The highest BCUT2D eigenvalue weighted by molar-refractivity contribution is 7.91. The smallest absolute Gasteiger partial charge is 0.306 e. The van der Waals surface area contributed by atoms with Gasteiger partial charge in [-0.2, -0.15) is 5.10 Å². The lowest BCUT2D eigenvalue weighted by Crippen LogP contribution is -2.27. The van der Waals surface area contributed by atoms with Gasteiger partial charge in [0.25, 0.3) is 0 Å². The predicted molar refractivity (Wildman–Crippen MR) is 92.7 cm³/mol. The SMILES string of the molecule is CCOC(=O)C[C@@H](C)CC(=N[S+]([O-])C(C)(C)C)c1cnn(C)c1. The highest BCUT2D eigenvalue weighted by Crippen LogP contribution is 2.21. The molecule has 0 amide bonds. The van der Waals surface area contributed by atoms with Crippen molar-refractivity contribution in [2.24, 2.45) is 17.4 Å². The number of nitrogens with zero attached hydrogens (tertiary/aromatic N) is 3. The van der Waals surface area contributed by atoms with Crippen LogP contribution in [0.15, 0.2) is 16.8 Å². The summed E-state index contributed by atoms with van der Waals surface area (Å²) in [5.74, 6) is -0.174. The molecule has 7 heteroatoms. The van der Waals surface area contributed by atoms with Crippen LogP contribution in [0.3, 0.4) is 0 Å². The first-order chi connectivity index (χ1) is 10.6. The molecular weight excluding hydrogens is 314 g/mol. The maximum Gasteiger partial charge on any atom is 0.306 e. The van der Waals surface area contributed by atoms with Gasteiger partial charge in [-0.3, -0.25) is 9.48 Å². The Kier molecular flexibility index (Phi) is 7.28. The molecule has 2 atom stereocenters. The largest absolute Gasteiger partial charge is 0.591 e. The molecule has 130 valence electrons. The summed E-state index contributed by atoms with van der Waals surface area (Å²) in [5, 5.41) is 4.15. The Morgan fingerprint density at radius 2 is 2.13 bits per heavy atom. The third-order valence-electron chi connectivity index (χ3n) is 3.12. The first-order valence-corrected chi connectivity index (χ1v) is 8.88. The summed E-state index contributed by atoms with van der Waals surface area (Å²) in [5.41, 5.74) is 1.55. The van der Waals surface area contributed by atoms with Gasteiger partial charge in [0.1, 0.15) is 21.8 Å². The van der Waals surface area contributed by atoms with Gasteiger partial charge in [0, 0.05) is 25.2 Å². The highest BCUT2D eigenvalue weighted by atomic mass is 32.2. The van der Waals surface area contributed by atoms with E-state index >= 15 is 0 Å². The van der Waals surface area contributed by atoms with E-state index in [4.69, 9.17) is 4.74 Å². The van der Waals surface area contributed by atoms with E-state index in [9.17, 15) is 9.35 Å². The lowest BCUT2D eigenvalue weighted by atomic mass is 9.98. The zero-order chi connectivity index (χ0) is 17.6. The van der Waals surface area contributed by atoms with Crippen LogP contribution >= 0.6 is 0 Å². The standard InChI is InChI=1S/C16H27N3O3S/c1-7-22-15(20)9-12(2)8-14(13-10-17-19(6)11-13)18-23(21)16(3,4)5/h10-12H,7-9H2,1-6H3/t12-,23?/m0/s1. The maximum absolute atomic E-state index is 12.4. The van der Waals surface area contributed by atoms with E-state index in [0.717, 1.165) is 5.56 Å². The molecule has 0 fully saturated rings. The van der Waals surface area contributed by atoms with Crippen molar-refractivity contribution in [3.8, 4) is 0 Å². The molecule has 1 heterocycles. The number of aryl methyl sites for hydroxylation is 1. The van der Waals surface area contributed by atoms with Gasteiger partial charge in [-0.1, -0.05) is 11.3 Å². The molecule has 0 N–H and O–H groups in total. The van der Waals surface area contributed by atoms with Crippen molar-refractivity contribution in [2.75, 3.05) is 6.61 Å². The average Bonchev–Trinajstić information content (AvgIpc) is 2.83. The van der Waals surface area contributed by atoms with Crippen molar-refractivity contribution < 1.29 is 14.1 Å². The molecule has 0 aliphatic heterocycles. The Morgan fingerprint density at radius 3 is 2.61 bits per heavy atom. The lowest BCUT2D eigenvalue weighted by Gasteiger charge is -2.20. The molecule has 0 saturated carbocycles. The fraction of sp³-hybridized carbons (Fsp3) is 0.688. The summed E-state index contributed by atoms with van der Waals surface area (Å²) in [6, 6.07) is 0. The Morgan fingerprint density at radius 1 is 1.48 bits per heavy atom. The van der Waals surface area contributed by atoms with E-state index in [-0.39, 0.29) is 11.9 Å². The minimum absolute atomic E-state index is 0.0463. The van der Waals surface area contributed by atoms with E-state index in [0.29, 0.717) is 25.2 Å². The van der Waals surface area contributed by atoms with Crippen molar-refractivity contribution in [3.05, 3.63) is 18.0 Å². The molecule has 1 unspecified atom stereocenters. The van der Waals surface area contributed by atoms with Crippen LogP contribution in [-0.4, -0.2) is 37.4 Å². The van der Waals surface area contributed by atoms with Gasteiger partial charge in [-0.25, -0.2) is 0 Å². The van der Waals surface area contributed by atoms with Crippen LogP contribution in [0.4, 0.5) is 0 Å². The summed E-state index contributed by atoms with van der Waals surface area (Å²) in [4.78, 5) is 11.6. The van der Waals surface area contributed by atoms with Crippen LogP contribution in [0, 0.1) is 5.92 Å². The molecule has 6 nitrogen and oxygen atoms in total. The van der Waals surface area contributed by atoms with E-state index in [1.165, 1.54) is 0 Å². The topological polar surface area (TPSA) is 79.5 Å². The third-order valence-corrected chi connectivity index (χ3v) is 4.55. The second-order valence-electron chi connectivity index (χ2n) is 6.62. The van der Waals surface area contributed by atoms with E-state index in [1.807, 2.05) is 40.9 Å². The van der Waals surface area contributed by atoms with Crippen LogP contribution in [-0.2, 0) is 27.9 Å². The summed E-state index contributed by atoms with van der Waals surface area (Å²) in [6.07, 6.45) is 4.41. The monoisotopic (exact) mass is 341 g/mol. The number of aromatic nitrogens is 2. The molecule has 1 rings (SSSR count). The number of carbonyl (C=O) groups is 1. The fourth-order valence-electron chi connectivity index (χ4n) is 1.92. The fourth-order valence-corrected chi connectivity index (χ4v) is 2.58. The van der Waals surface area contributed by atoms with Gasteiger partial charge in [0.2, 0.25) is 0 Å². The molecule has 1 aromatic rings. The Balaban J connectivity index is 2.92. The van der Waals surface area contributed by atoms with Crippen molar-refractivity contribution in [1.82, 2.24) is 9.78 Å². The average molecular weight is 341 g/mol. The van der Waals surface area contributed by atoms with E-state index in [2.05, 4.69) is 9.50 Å². The first-order valence-electron chi connectivity index (χ1n) is 7.77. The van der Waals surface area contributed by atoms with E-state index in [1.54, 1.807) is 17.8 Å². The Labute approximate surface area is 141 Å². The van der Waals surface area contributed by atoms with Crippen molar-refractivity contribution in [1.29, 1.82) is 0 Å². The zero-order valence-corrected chi connectivity index (χ0v) is 15.6. The van der Waals surface area contributed by atoms with Crippen LogP contribution < -0.4 is 0 Å². The van der Waals surface area contributed by atoms with Crippen molar-refractivity contribution in [2.45, 2.75) is 52.2 Å². The molecular formula is C16H27N3O3S. The lowest BCUT2D eigenvalue weighted by molar-refractivity contribution is -0.144. The molecule has 0 aromatic carbocycles. The number of rotatable bonds is 7. The number of hydrogen-bond donors (Lipinski definition) is 0. The van der Waals surface area contributed by atoms with Gasteiger partial charge in [-0.15, -0.1) is 0 Å². The Bertz CT molecular complexity index is 549. The maximum atomic E-state index is 12.4. The van der Waals surface area contributed by atoms with Crippen molar-refractivity contribution in [3.63, 3.8) is 0 Å². The number of esters is 1. The molecule has 0 bridgehead atoms. The molecule has 0 saturated heterocycles. The normalized spacial score (nSPS) is 15.3. The summed E-state index contributed by atoms with van der Waals surface area (Å²) in [6.45, 7) is 9.78. The highest BCUT2D eigenvalue weighted by Gasteiger charge is 2.28. The van der Waals surface area contributed by atoms with E-state index < -0.39 is 16.1 Å². The van der Waals surface area contributed by atoms with Gasteiger partial charge < -0.3 is 9.29 Å². The number of carbonyl (C=O) groups excluding carboxylic acids is 1. The minimum Gasteiger partial charge on any atom is -0.591 e. The molecule has 0 aliphatic rings. The molecule has 1 aromatic heterocycles. The quantitative estimate of drug-likeness (QED) is 0.434. The summed E-state index contributed by atoms with van der Waals surface area (Å²) >= 11 is -1.36. The molecule has 0 aliphatic carbocycles. The minimum atomic E-state index is -1.36. The van der Waals surface area contributed by atoms with Gasteiger partial charge in [0.05, 0.1) is 12.8 Å². The zero-order valence-electron chi connectivity index (χ0n) is 14.8. The Hall–Kier alpha value is -1.34. The molecule has 23 heavy (non-hydrogen) atoms. The summed E-state index contributed by atoms with van der Waals surface area (Å²) in [7, 11) is 1.82. The van der Waals surface area contributed by atoms with Crippen LogP contribution in [0.25, 0.3) is 0 Å². The van der Waals surface area contributed by atoms with Gasteiger partial charge in [0.15, 0.2) is 0 Å². The molecule has 0 spiro atoms. The number of hydrogen-bond acceptors (Lipinski definition) is 5. The predicted octanol–water partition coefficient (Wildman–Crippen LogP) is 2.65. The van der Waals surface area contributed by atoms with Crippen LogP contribution in [0.5, 0.6) is 0 Å². The number of ether oxygens (including phenoxy) is 1. The van der Waals surface area contributed by atoms with Crippen LogP contribution in [0.2, 0.25) is 0 Å². The van der Waals surface area contributed by atoms with Crippen molar-refractivity contribution >= 4 is 23.0 Å². The third kappa shape index (κ3) is 6.74. The molecule has 0 radical (unpaired) electrons. The van der Waals surface area contributed by atoms with Gasteiger partial charge >= 0.3 is 5.97 Å². The second-order valence-corrected chi connectivity index (χ2v) is 8.53. The summed E-state index contributed by atoms with van der Waals surface area (Å²) < 4.78 is 23.0. The first kappa shape index (κ1) is 19.7. The second kappa shape index (κ2) is 8.49. The van der Waals surface area contributed by atoms with Crippen LogP contribution in [0.1, 0.15) is 53.0 Å². The van der Waals surface area contributed by atoms with Gasteiger partial charge in [-0.05, 0) is 40.0 Å².